The summed E-state index contributed by atoms with van der Waals surface area (Å²) in [4.78, 5) is 6.39. The maximum Gasteiger partial charge on any atom is 0.0758 e. The van der Waals surface area contributed by atoms with Gasteiger partial charge in [-0.05, 0) is 30.7 Å². The van der Waals surface area contributed by atoms with Crippen LogP contribution in [0.2, 0.25) is 0 Å². The van der Waals surface area contributed by atoms with Crippen LogP contribution in [0.5, 0.6) is 0 Å². The average Bonchev–Trinajstić information content (AvgIpc) is 2.95. The molecule has 2 aromatic rings. The van der Waals surface area contributed by atoms with E-state index >= 15 is 0 Å². The molecule has 0 amide bonds. The third-order valence-electron chi connectivity index (χ3n) is 2.84. The van der Waals surface area contributed by atoms with Gasteiger partial charge in [-0.2, -0.15) is 0 Å². The Morgan fingerprint density at radius 3 is 2.33 bits per heavy atom. The molecule has 0 fully saturated rings. The van der Waals surface area contributed by atoms with Crippen LogP contribution in [0.4, 0.5) is 11.4 Å². The Labute approximate surface area is 111 Å². The first kappa shape index (κ1) is 11.4. The average molecular weight is 254 g/mol. The summed E-state index contributed by atoms with van der Waals surface area (Å²) in [5.74, 6) is 1.17. The van der Waals surface area contributed by atoms with Crippen LogP contribution >= 0.6 is 11.8 Å². The van der Waals surface area contributed by atoms with E-state index in [-0.39, 0.29) is 0 Å². The molecule has 0 atom stereocenters. The highest BCUT2D eigenvalue weighted by Crippen LogP contribution is 2.37. The summed E-state index contributed by atoms with van der Waals surface area (Å²) < 4.78 is 0. The number of anilines is 2. The Morgan fingerprint density at radius 2 is 1.67 bits per heavy atom. The van der Waals surface area contributed by atoms with Crippen LogP contribution in [0.3, 0.4) is 0 Å². The van der Waals surface area contributed by atoms with Crippen molar-refractivity contribution in [1.82, 2.24) is 4.98 Å². The summed E-state index contributed by atoms with van der Waals surface area (Å²) in [6.07, 6.45) is 7.13. The SMILES string of the molecule is C1=C(N(c2ccccc2)c2ccncc2)SCC1. The smallest absolute Gasteiger partial charge is 0.0758 e. The van der Waals surface area contributed by atoms with Crippen molar-refractivity contribution >= 4 is 23.1 Å². The second-order valence-electron chi connectivity index (χ2n) is 4.06. The molecule has 0 saturated carbocycles. The molecule has 1 aromatic carbocycles. The second kappa shape index (κ2) is 5.27. The molecule has 0 radical (unpaired) electrons. The number of para-hydroxylation sites is 1. The first-order valence-corrected chi connectivity index (χ1v) is 7.02. The van der Waals surface area contributed by atoms with Crippen molar-refractivity contribution in [3.05, 3.63) is 66.0 Å². The second-order valence-corrected chi connectivity index (χ2v) is 5.17. The molecule has 18 heavy (non-hydrogen) atoms. The topological polar surface area (TPSA) is 16.1 Å². The number of benzene rings is 1. The first-order valence-electron chi connectivity index (χ1n) is 6.03. The van der Waals surface area contributed by atoms with Gasteiger partial charge < -0.3 is 4.90 Å². The minimum atomic E-state index is 1.15. The van der Waals surface area contributed by atoms with E-state index in [0.717, 1.165) is 12.1 Å². The Balaban J connectivity index is 2.04. The highest BCUT2D eigenvalue weighted by atomic mass is 32.2. The number of pyridine rings is 1. The molecule has 90 valence electrons. The van der Waals surface area contributed by atoms with E-state index in [1.165, 1.54) is 16.5 Å². The van der Waals surface area contributed by atoms with Crippen LogP contribution in [0.25, 0.3) is 0 Å². The standard InChI is InChI=1S/C15H14N2S/c1-2-5-13(6-3-1)17(15-7-4-12-18-15)14-8-10-16-11-9-14/h1-3,5-11H,4,12H2. The van der Waals surface area contributed by atoms with Crippen molar-refractivity contribution in [2.24, 2.45) is 0 Å². The summed E-state index contributed by atoms with van der Waals surface area (Å²) in [7, 11) is 0. The van der Waals surface area contributed by atoms with Gasteiger partial charge in [0.25, 0.3) is 0 Å². The lowest BCUT2D eigenvalue weighted by Gasteiger charge is -2.25. The van der Waals surface area contributed by atoms with Crippen molar-refractivity contribution in [3.63, 3.8) is 0 Å². The van der Waals surface area contributed by atoms with Crippen molar-refractivity contribution in [3.8, 4) is 0 Å². The van der Waals surface area contributed by atoms with Crippen LogP contribution in [-0.4, -0.2) is 10.7 Å². The fourth-order valence-corrected chi connectivity index (χ4v) is 3.05. The molecule has 1 aliphatic heterocycles. The van der Waals surface area contributed by atoms with Gasteiger partial charge in [0.2, 0.25) is 0 Å². The highest BCUT2D eigenvalue weighted by molar-refractivity contribution is 8.03. The molecule has 2 heterocycles. The summed E-state index contributed by atoms with van der Waals surface area (Å²) >= 11 is 1.91. The van der Waals surface area contributed by atoms with E-state index in [0.29, 0.717) is 0 Å². The molecule has 1 aliphatic rings. The van der Waals surface area contributed by atoms with Crippen LogP contribution in [-0.2, 0) is 0 Å². The number of hydrogen-bond acceptors (Lipinski definition) is 3. The molecular formula is C15H14N2S. The molecule has 3 rings (SSSR count). The quantitative estimate of drug-likeness (QED) is 0.816. The Bertz CT molecular complexity index is 497. The number of aromatic nitrogens is 1. The maximum atomic E-state index is 4.10. The molecule has 0 bridgehead atoms. The van der Waals surface area contributed by atoms with Gasteiger partial charge in [-0.1, -0.05) is 24.3 Å². The zero-order chi connectivity index (χ0) is 12.2. The fourth-order valence-electron chi connectivity index (χ4n) is 2.03. The monoisotopic (exact) mass is 254 g/mol. The highest BCUT2D eigenvalue weighted by Gasteiger charge is 2.17. The molecule has 2 nitrogen and oxygen atoms in total. The van der Waals surface area contributed by atoms with Crippen LogP contribution in [0.1, 0.15) is 6.42 Å². The molecule has 1 aromatic heterocycles. The predicted octanol–water partition coefficient (Wildman–Crippen LogP) is 4.20. The van der Waals surface area contributed by atoms with Gasteiger partial charge in [0.1, 0.15) is 0 Å². The van der Waals surface area contributed by atoms with Gasteiger partial charge in [0.05, 0.1) is 5.03 Å². The molecule has 0 aliphatic carbocycles. The van der Waals surface area contributed by atoms with Crippen molar-refractivity contribution in [2.75, 3.05) is 10.7 Å². The van der Waals surface area contributed by atoms with Crippen molar-refractivity contribution in [1.29, 1.82) is 0 Å². The van der Waals surface area contributed by atoms with E-state index in [1.807, 2.05) is 42.4 Å². The lowest BCUT2D eigenvalue weighted by molar-refractivity contribution is 1.20. The lowest BCUT2D eigenvalue weighted by atomic mass is 10.2. The number of thioether (sulfide) groups is 1. The molecule has 0 spiro atoms. The first-order chi connectivity index (χ1) is 8.95. The number of hydrogen-bond donors (Lipinski definition) is 0. The van der Waals surface area contributed by atoms with Gasteiger partial charge in [0, 0.05) is 29.5 Å². The zero-order valence-electron chi connectivity index (χ0n) is 9.99. The predicted molar refractivity (Wildman–Crippen MR) is 78.0 cm³/mol. The van der Waals surface area contributed by atoms with Crippen LogP contribution < -0.4 is 4.90 Å². The molecular weight excluding hydrogens is 240 g/mol. The summed E-state index contributed by atoms with van der Waals surface area (Å²) in [5, 5.41) is 1.31. The third-order valence-corrected chi connectivity index (χ3v) is 3.93. The Morgan fingerprint density at radius 1 is 0.944 bits per heavy atom. The van der Waals surface area contributed by atoms with E-state index in [9.17, 15) is 0 Å². The zero-order valence-corrected chi connectivity index (χ0v) is 10.8. The third kappa shape index (κ3) is 2.27. The van der Waals surface area contributed by atoms with Gasteiger partial charge in [0.15, 0.2) is 0 Å². The summed E-state index contributed by atoms with van der Waals surface area (Å²) in [6.45, 7) is 0. The minimum Gasteiger partial charge on any atom is -0.305 e. The Kier molecular flexibility index (Phi) is 3.33. The van der Waals surface area contributed by atoms with E-state index < -0.39 is 0 Å². The van der Waals surface area contributed by atoms with Gasteiger partial charge in [-0.3, -0.25) is 4.98 Å². The molecule has 3 heteroatoms. The summed E-state index contributed by atoms with van der Waals surface area (Å²) in [5.41, 5.74) is 2.36. The van der Waals surface area contributed by atoms with E-state index in [2.05, 4.69) is 40.2 Å². The van der Waals surface area contributed by atoms with Gasteiger partial charge in [-0.25, -0.2) is 0 Å². The van der Waals surface area contributed by atoms with E-state index in [1.54, 1.807) is 0 Å². The van der Waals surface area contributed by atoms with Crippen molar-refractivity contribution in [2.45, 2.75) is 6.42 Å². The number of allylic oxidation sites excluding steroid dienone is 1. The molecule has 0 N–H and O–H groups in total. The number of rotatable bonds is 3. The maximum absolute atomic E-state index is 4.10. The van der Waals surface area contributed by atoms with Crippen LogP contribution in [0, 0.1) is 0 Å². The molecule has 0 saturated heterocycles. The Hall–Kier alpha value is -1.74. The van der Waals surface area contributed by atoms with Gasteiger partial charge in [-0.15, -0.1) is 11.8 Å². The fraction of sp³-hybridized carbons (Fsp3) is 0.133. The minimum absolute atomic E-state index is 1.15. The van der Waals surface area contributed by atoms with E-state index in [4.69, 9.17) is 0 Å². The summed E-state index contributed by atoms with van der Waals surface area (Å²) in [6, 6.07) is 14.6. The molecule has 0 unspecified atom stereocenters. The van der Waals surface area contributed by atoms with Crippen LogP contribution in [0.15, 0.2) is 66.0 Å². The number of nitrogens with zero attached hydrogens (tertiary/aromatic N) is 2. The van der Waals surface area contributed by atoms with Crippen molar-refractivity contribution < 1.29 is 0 Å². The normalized spacial score (nSPS) is 14.3. The lowest BCUT2D eigenvalue weighted by Crippen LogP contribution is -2.13. The largest absolute Gasteiger partial charge is 0.305 e. The van der Waals surface area contributed by atoms with Gasteiger partial charge >= 0.3 is 0 Å².